The summed E-state index contributed by atoms with van der Waals surface area (Å²) in [6, 6.07) is 2.70. The second-order valence-electron chi connectivity index (χ2n) is 10.5. The lowest BCUT2D eigenvalue weighted by molar-refractivity contribution is -0.0712. The zero-order valence-corrected chi connectivity index (χ0v) is 20.6. The Morgan fingerprint density at radius 2 is 2.03 bits per heavy atom. The van der Waals surface area contributed by atoms with E-state index in [1.807, 2.05) is 15.9 Å². The highest BCUT2D eigenvalue weighted by molar-refractivity contribution is 7.18. The number of ether oxygens (including phenoxy) is 1. The van der Waals surface area contributed by atoms with Crippen LogP contribution < -0.4 is 5.32 Å². The number of nitrogens with zero attached hydrogens (tertiary/aromatic N) is 4. The molecule has 0 amide bonds. The van der Waals surface area contributed by atoms with Gasteiger partial charge in [0.25, 0.3) is 0 Å². The van der Waals surface area contributed by atoms with Gasteiger partial charge in [0.2, 0.25) is 0 Å². The van der Waals surface area contributed by atoms with Gasteiger partial charge in [0.1, 0.15) is 16.7 Å². The molecule has 0 bridgehead atoms. The first-order chi connectivity index (χ1) is 15.9. The second-order valence-corrected chi connectivity index (χ2v) is 11.5. The van der Waals surface area contributed by atoms with Gasteiger partial charge in [0.15, 0.2) is 5.65 Å². The van der Waals surface area contributed by atoms with Crippen molar-refractivity contribution in [2.45, 2.75) is 76.8 Å². The fraction of sp³-hybridized carbons (Fsp3) is 0.560. The van der Waals surface area contributed by atoms with Gasteiger partial charge >= 0.3 is 0 Å². The van der Waals surface area contributed by atoms with E-state index in [9.17, 15) is 0 Å². The maximum atomic E-state index is 5.41. The lowest BCUT2D eigenvalue weighted by Gasteiger charge is -2.43. The fourth-order valence-electron chi connectivity index (χ4n) is 5.54. The van der Waals surface area contributed by atoms with Crippen LogP contribution in [0.3, 0.4) is 0 Å². The SMILES string of the molecule is Cc1cc2ncnn2cc1-c1[nH]c2sc(C3CCC(NC4(C)COC4)CC3)nc2c1C(C)C. The van der Waals surface area contributed by atoms with Crippen molar-refractivity contribution in [3.63, 3.8) is 0 Å². The molecule has 0 aromatic carbocycles. The Balaban J connectivity index is 1.28. The van der Waals surface area contributed by atoms with Gasteiger partial charge < -0.3 is 15.0 Å². The molecule has 0 unspecified atom stereocenters. The van der Waals surface area contributed by atoms with E-state index in [0.717, 1.165) is 24.4 Å². The lowest BCUT2D eigenvalue weighted by Crippen LogP contribution is -2.61. The van der Waals surface area contributed by atoms with E-state index in [-0.39, 0.29) is 5.54 Å². The number of hydrogen-bond donors (Lipinski definition) is 2. The van der Waals surface area contributed by atoms with E-state index >= 15 is 0 Å². The van der Waals surface area contributed by atoms with Crippen molar-refractivity contribution in [2.75, 3.05) is 13.2 Å². The average molecular weight is 465 g/mol. The number of thiazole rings is 1. The number of hydrogen-bond acceptors (Lipinski definition) is 6. The zero-order valence-electron chi connectivity index (χ0n) is 19.8. The molecule has 8 heteroatoms. The topological polar surface area (TPSA) is 80.1 Å². The molecule has 1 aliphatic heterocycles. The van der Waals surface area contributed by atoms with Crippen molar-refractivity contribution < 1.29 is 4.74 Å². The van der Waals surface area contributed by atoms with Crippen LogP contribution in [0.5, 0.6) is 0 Å². The summed E-state index contributed by atoms with van der Waals surface area (Å²) < 4.78 is 7.26. The van der Waals surface area contributed by atoms with Crippen molar-refractivity contribution >= 4 is 27.3 Å². The largest absolute Gasteiger partial charge is 0.377 e. The van der Waals surface area contributed by atoms with Crippen molar-refractivity contribution in [1.82, 2.24) is 29.9 Å². The van der Waals surface area contributed by atoms with Crippen LogP contribution in [0.15, 0.2) is 18.6 Å². The van der Waals surface area contributed by atoms with Crippen molar-refractivity contribution in [3.8, 4) is 11.3 Å². The van der Waals surface area contributed by atoms with Crippen LogP contribution in [0.4, 0.5) is 0 Å². The summed E-state index contributed by atoms with van der Waals surface area (Å²) in [5, 5.41) is 9.47. The minimum Gasteiger partial charge on any atom is -0.377 e. The van der Waals surface area contributed by atoms with Crippen LogP contribution >= 0.6 is 11.3 Å². The van der Waals surface area contributed by atoms with Crippen LogP contribution in [0.1, 0.15) is 74.4 Å². The number of aryl methyl sites for hydroxylation is 1. The number of nitrogens with one attached hydrogen (secondary N) is 2. The van der Waals surface area contributed by atoms with Gasteiger partial charge in [-0.25, -0.2) is 14.5 Å². The smallest absolute Gasteiger partial charge is 0.155 e. The number of aromatic nitrogens is 5. The molecule has 1 saturated heterocycles. The summed E-state index contributed by atoms with van der Waals surface area (Å²) in [5.41, 5.74) is 7.06. The van der Waals surface area contributed by atoms with Gasteiger partial charge in [0, 0.05) is 29.3 Å². The Hall–Kier alpha value is -2.29. The van der Waals surface area contributed by atoms with Crippen LogP contribution in [0, 0.1) is 6.92 Å². The van der Waals surface area contributed by atoms with Gasteiger partial charge in [-0.15, -0.1) is 11.3 Å². The van der Waals surface area contributed by atoms with E-state index in [1.165, 1.54) is 57.9 Å². The molecule has 33 heavy (non-hydrogen) atoms. The zero-order chi connectivity index (χ0) is 22.7. The molecule has 174 valence electrons. The number of fused-ring (bicyclic) bond motifs is 2. The third-order valence-electron chi connectivity index (χ3n) is 7.35. The molecule has 4 aromatic rings. The minimum absolute atomic E-state index is 0.185. The molecule has 1 saturated carbocycles. The highest BCUT2D eigenvalue weighted by atomic mass is 32.1. The molecule has 2 fully saturated rings. The summed E-state index contributed by atoms with van der Waals surface area (Å²) in [4.78, 5) is 14.5. The average Bonchev–Trinajstić information content (AvgIpc) is 3.46. The summed E-state index contributed by atoms with van der Waals surface area (Å²) in [6.45, 7) is 10.6. The predicted molar refractivity (Wildman–Crippen MR) is 132 cm³/mol. The van der Waals surface area contributed by atoms with Gasteiger partial charge in [-0.05, 0) is 57.1 Å². The summed E-state index contributed by atoms with van der Waals surface area (Å²) >= 11 is 1.85. The predicted octanol–water partition coefficient (Wildman–Crippen LogP) is 5.17. The highest BCUT2D eigenvalue weighted by Crippen LogP contribution is 2.42. The molecule has 0 spiro atoms. The quantitative estimate of drug-likeness (QED) is 0.426. The fourth-order valence-corrected chi connectivity index (χ4v) is 6.69. The lowest BCUT2D eigenvalue weighted by atomic mass is 9.84. The van der Waals surface area contributed by atoms with Gasteiger partial charge in [0.05, 0.1) is 29.5 Å². The van der Waals surface area contributed by atoms with Crippen LogP contribution in [-0.4, -0.2) is 49.4 Å². The summed E-state index contributed by atoms with van der Waals surface area (Å²) in [7, 11) is 0. The van der Waals surface area contributed by atoms with Crippen molar-refractivity contribution in [1.29, 1.82) is 0 Å². The molecule has 2 N–H and O–H groups in total. The molecule has 0 atom stereocenters. The van der Waals surface area contributed by atoms with E-state index in [1.54, 1.807) is 6.33 Å². The van der Waals surface area contributed by atoms with Crippen molar-refractivity contribution in [2.24, 2.45) is 0 Å². The van der Waals surface area contributed by atoms with Crippen LogP contribution in [0.25, 0.3) is 27.3 Å². The Morgan fingerprint density at radius 1 is 1.24 bits per heavy atom. The van der Waals surface area contributed by atoms with Gasteiger partial charge in [-0.3, -0.25) is 0 Å². The molecular formula is C25H32N6OS. The molecule has 2 aliphatic rings. The highest BCUT2D eigenvalue weighted by Gasteiger charge is 2.36. The summed E-state index contributed by atoms with van der Waals surface area (Å²) in [6.07, 6.45) is 8.53. The first-order valence-corrected chi connectivity index (χ1v) is 12.9. The molecular weight excluding hydrogens is 432 g/mol. The number of H-pyrrole nitrogens is 1. The third kappa shape index (κ3) is 3.68. The monoisotopic (exact) mass is 464 g/mol. The number of rotatable bonds is 5. The van der Waals surface area contributed by atoms with Crippen LogP contribution in [-0.2, 0) is 4.74 Å². The first kappa shape index (κ1) is 21.3. The Labute approximate surface area is 198 Å². The Kier molecular flexibility index (Phi) is 5.08. The third-order valence-corrected chi connectivity index (χ3v) is 8.48. The normalized spacial score (nSPS) is 22.9. The number of aromatic amines is 1. The molecule has 5 heterocycles. The van der Waals surface area contributed by atoms with Crippen LogP contribution in [0.2, 0.25) is 0 Å². The second kappa shape index (κ2) is 7.89. The van der Waals surface area contributed by atoms with E-state index in [4.69, 9.17) is 9.72 Å². The molecule has 0 radical (unpaired) electrons. The maximum Gasteiger partial charge on any atom is 0.155 e. The maximum absolute atomic E-state index is 5.41. The first-order valence-electron chi connectivity index (χ1n) is 12.1. The standard InChI is InChI=1S/C25H32N6OS/c1-14(2)20-21(18-10-31-19(9-15(18)3)26-13-27-31)28-24-22(20)29-23(33-24)16-5-7-17(8-6-16)30-25(4)11-32-12-25/h9-10,13-14,16-17,28,30H,5-8,11-12H2,1-4H3. The Morgan fingerprint density at radius 3 is 2.73 bits per heavy atom. The number of pyridine rings is 1. The molecule has 4 aromatic heterocycles. The molecule has 1 aliphatic carbocycles. The van der Waals surface area contributed by atoms with Gasteiger partial charge in [-0.2, -0.15) is 5.10 Å². The van der Waals surface area contributed by atoms with E-state index < -0.39 is 0 Å². The summed E-state index contributed by atoms with van der Waals surface area (Å²) in [5.74, 6) is 0.941. The minimum atomic E-state index is 0.185. The van der Waals surface area contributed by atoms with Gasteiger partial charge in [-0.1, -0.05) is 13.8 Å². The molecule has 6 rings (SSSR count). The van der Waals surface area contributed by atoms with E-state index in [0.29, 0.717) is 17.9 Å². The van der Waals surface area contributed by atoms with E-state index in [2.05, 4.69) is 60.3 Å². The van der Waals surface area contributed by atoms with Crippen molar-refractivity contribution in [3.05, 3.63) is 34.7 Å². The Bertz CT molecular complexity index is 1310. The molecule has 7 nitrogen and oxygen atoms in total.